The summed E-state index contributed by atoms with van der Waals surface area (Å²) in [5.74, 6) is 0.517. The van der Waals surface area contributed by atoms with Crippen molar-refractivity contribution < 1.29 is 19.1 Å². The first-order valence-electron chi connectivity index (χ1n) is 11.1. The highest BCUT2D eigenvalue weighted by Crippen LogP contribution is 2.62. The maximum Gasteiger partial charge on any atom is 0.312 e. The molecule has 5 aliphatic rings. The van der Waals surface area contributed by atoms with Gasteiger partial charge in [-0.1, -0.05) is 25.7 Å². The molecule has 5 saturated carbocycles. The van der Waals surface area contributed by atoms with Crippen LogP contribution < -0.4 is 10.6 Å². The molecule has 0 spiro atoms. The smallest absolute Gasteiger partial charge is 0.312 e. The standard InChI is InChI=1S/C22H34N2O4/c1-15(25)24-22-11-16-8-17(12-22)10-21(9-16,14-22)20(27)28-13-19(26)23-18-6-4-2-3-5-7-18/h16-18H,2-14H2,1H3,(H,23,26)(H,24,25). The summed E-state index contributed by atoms with van der Waals surface area (Å²) in [5.41, 5.74) is -0.771. The van der Waals surface area contributed by atoms with Crippen LogP contribution in [0.2, 0.25) is 0 Å². The molecule has 2 unspecified atom stereocenters. The molecule has 5 aliphatic carbocycles. The van der Waals surface area contributed by atoms with Crippen LogP contribution in [0.1, 0.15) is 84.0 Å². The summed E-state index contributed by atoms with van der Waals surface area (Å²) in [6.07, 6.45) is 12.3. The van der Waals surface area contributed by atoms with Crippen molar-refractivity contribution in [1.29, 1.82) is 0 Å². The van der Waals surface area contributed by atoms with E-state index in [0.717, 1.165) is 57.8 Å². The number of esters is 1. The van der Waals surface area contributed by atoms with Gasteiger partial charge in [-0.15, -0.1) is 0 Å². The zero-order chi connectivity index (χ0) is 19.8. The maximum absolute atomic E-state index is 13.1. The molecule has 0 saturated heterocycles. The van der Waals surface area contributed by atoms with Crippen molar-refractivity contribution in [1.82, 2.24) is 10.6 Å². The summed E-state index contributed by atoms with van der Waals surface area (Å²) in [6.45, 7) is 1.38. The highest BCUT2D eigenvalue weighted by molar-refractivity contribution is 5.83. The number of hydrogen-bond donors (Lipinski definition) is 2. The number of hydrogen-bond acceptors (Lipinski definition) is 4. The fourth-order valence-corrected chi connectivity index (χ4v) is 7.00. The third kappa shape index (κ3) is 4.06. The van der Waals surface area contributed by atoms with Crippen molar-refractivity contribution in [3.8, 4) is 0 Å². The third-order valence-corrected chi connectivity index (χ3v) is 7.49. The lowest BCUT2D eigenvalue weighted by Crippen LogP contribution is -2.64. The van der Waals surface area contributed by atoms with Crippen LogP contribution >= 0.6 is 0 Å². The van der Waals surface area contributed by atoms with Gasteiger partial charge in [-0.2, -0.15) is 0 Å². The lowest BCUT2D eigenvalue weighted by atomic mass is 9.47. The minimum atomic E-state index is -0.519. The Balaban J connectivity index is 1.35. The second-order valence-electron chi connectivity index (χ2n) is 10.0. The third-order valence-electron chi connectivity index (χ3n) is 7.49. The van der Waals surface area contributed by atoms with Gasteiger partial charge in [0.05, 0.1) is 5.41 Å². The summed E-state index contributed by atoms with van der Waals surface area (Å²) >= 11 is 0. The first-order valence-corrected chi connectivity index (χ1v) is 11.1. The van der Waals surface area contributed by atoms with E-state index in [1.54, 1.807) is 6.92 Å². The Morgan fingerprint density at radius 3 is 2.21 bits per heavy atom. The fourth-order valence-electron chi connectivity index (χ4n) is 7.00. The predicted octanol–water partition coefficient (Wildman–Crippen LogP) is 2.84. The lowest BCUT2D eigenvalue weighted by Gasteiger charge is -2.60. The van der Waals surface area contributed by atoms with Gasteiger partial charge < -0.3 is 15.4 Å². The molecule has 6 heteroatoms. The molecule has 0 aromatic carbocycles. The largest absolute Gasteiger partial charge is 0.455 e. The lowest BCUT2D eigenvalue weighted by molar-refractivity contribution is -0.177. The normalized spacial score (nSPS) is 37.2. The van der Waals surface area contributed by atoms with Crippen molar-refractivity contribution in [3.05, 3.63) is 0 Å². The molecular formula is C22H34N2O4. The Kier molecular flexibility index (Phi) is 5.41. The molecule has 0 heterocycles. The molecule has 2 amide bonds. The Bertz CT molecular complexity index is 624. The van der Waals surface area contributed by atoms with E-state index in [2.05, 4.69) is 10.6 Å². The predicted molar refractivity (Wildman–Crippen MR) is 104 cm³/mol. The van der Waals surface area contributed by atoms with Gasteiger partial charge in [0.2, 0.25) is 5.91 Å². The van der Waals surface area contributed by atoms with Crippen LogP contribution in [-0.2, 0) is 19.1 Å². The first kappa shape index (κ1) is 19.7. The second-order valence-corrected chi connectivity index (χ2v) is 10.0. The Hall–Kier alpha value is -1.59. The van der Waals surface area contributed by atoms with Crippen molar-refractivity contribution in [2.24, 2.45) is 17.3 Å². The van der Waals surface area contributed by atoms with E-state index < -0.39 is 5.41 Å². The van der Waals surface area contributed by atoms with Crippen LogP contribution in [0.4, 0.5) is 0 Å². The van der Waals surface area contributed by atoms with Gasteiger partial charge in [-0.25, -0.2) is 0 Å². The van der Waals surface area contributed by atoms with E-state index in [0.29, 0.717) is 18.3 Å². The van der Waals surface area contributed by atoms with Crippen LogP contribution in [0.25, 0.3) is 0 Å². The number of carbonyl (C=O) groups is 3. The summed E-state index contributed by atoms with van der Waals surface area (Å²) in [7, 11) is 0. The average Bonchev–Trinajstić information content (AvgIpc) is 2.86. The molecule has 5 rings (SSSR count). The average molecular weight is 391 g/mol. The molecule has 0 radical (unpaired) electrons. The maximum atomic E-state index is 13.1. The monoisotopic (exact) mass is 390 g/mol. The van der Waals surface area contributed by atoms with E-state index >= 15 is 0 Å². The molecule has 0 aromatic heterocycles. The number of ether oxygens (including phenoxy) is 1. The second kappa shape index (κ2) is 7.68. The SMILES string of the molecule is CC(=O)NC12CC3CC(C1)CC(C(=O)OCC(=O)NC1CCCCCC1)(C3)C2. The van der Waals surface area contributed by atoms with Crippen LogP contribution in [0.3, 0.4) is 0 Å². The molecule has 2 N–H and O–H groups in total. The van der Waals surface area contributed by atoms with Crippen LogP contribution in [0.15, 0.2) is 0 Å². The molecule has 28 heavy (non-hydrogen) atoms. The molecule has 0 aromatic rings. The quantitative estimate of drug-likeness (QED) is 0.558. The summed E-state index contributed by atoms with van der Waals surface area (Å²) < 4.78 is 5.55. The van der Waals surface area contributed by atoms with Gasteiger partial charge in [0.1, 0.15) is 0 Å². The number of rotatable bonds is 5. The van der Waals surface area contributed by atoms with Gasteiger partial charge >= 0.3 is 5.97 Å². The summed E-state index contributed by atoms with van der Waals surface area (Å²) in [4.78, 5) is 37.1. The van der Waals surface area contributed by atoms with Crippen LogP contribution in [-0.4, -0.2) is 36.0 Å². The molecule has 6 nitrogen and oxygen atoms in total. The van der Waals surface area contributed by atoms with Crippen molar-refractivity contribution >= 4 is 17.8 Å². The fraction of sp³-hybridized carbons (Fsp3) is 0.864. The Morgan fingerprint density at radius 1 is 0.964 bits per heavy atom. The number of nitrogens with one attached hydrogen (secondary N) is 2. The molecule has 2 atom stereocenters. The molecule has 156 valence electrons. The van der Waals surface area contributed by atoms with Gasteiger partial charge in [0.25, 0.3) is 5.91 Å². The Morgan fingerprint density at radius 2 is 1.61 bits per heavy atom. The number of amides is 2. The van der Waals surface area contributed by atoms with E-state index in [9.17, 15) is 14.4 Å². The van der Waals surface area contributed by atoms with E-state index in [1.807, 2.05) is 0 Å². The molecule has 0 aliphatic heterocycles. The van der Waals surface area contributed by atoms with Crippen LogP contribution in [0, 0.1) is 17.3 Å². The van der Waals surface area contributed by atoms with E-state index in [4.69, 9.17) is 4.74 Å². The van der Waals surface area contributed by atoms with Crippen LogP contribution in [0.5, 0.6) is 0 Å². The highest BCUT2D eigenvalue weighted by atomic mass is 16.5. The zero-order valence-corrected chi connectivity index (χ0v) is 17.1. The Labute approximate surface area is 167 Å². The van der Waals surface area contributed by atoms with Gasteiger partial charge in [0.15, 0.2) is 6.61 Å². The van der Waals surface area contributed by atoms with Crippen molar-refractivity contribution in [3.63, 3.8) is 0 Å². The highest BCUT2D eigenvalue weighted by Gasteiger charge is 2.61. The summed E-state index contributed by atoms with van der Waals surface area (Å²) in [6, 6.07) is 0.219. The van der Waals surface area contributed by atoms with E-state index in [-0.39, 0.29) is 36.0 Å². The molecular weight excluding hydrogens is 356 g/mol. The van der Waals surface area contributed by atoms with Gasteiger partial charge in [-0.3, -0.25) is 14.4 Å². The minimum absolute atomic E-state index is 0.0201. The van der Waals surface area contributed by atoms with Gasteiger partial charge in [0, 0.05) is 18.5 Å². The topological polar surface area (TPSA) is 84.5 Å². The molecule has 4 bridgehead atoms. The van der Waals surface area contributed by atoms with Crippen molar-refractivity contribution in [2.45, 2.75) is 95.6 Å². The van der Waals surface area contributed by atoms with Crippen molar-refractivity contribution in [2.75, 3.05) is 6.61 Å². The van der Waals surface area contributed by atoms with Gasteiger partial charge in [-0.05, 0) is 63.2 Å². The zero-order valence-electron chi connectivity index (χ0n) is 17.1. The summed E-state index contributed by atoms with van der Waals surface area (Å²) in [5, 5.41) is 6.21. The van der Waals surface area contributed by atoms with E-state index in [1.165, 1.54) is 12.8 Å². The molecule has 5 fully saturated rings. The first-order chi connectivity index (χ1) is 13.4. The minimum Gasteiger partial charge on any atom is -0.455 e. The number of carbonyl (C=O) groups excluding carboxylic acids is 3.